The Balaban J connectivity index is -0.000000174. The number of carbonyl (C=O) groups is 4. The van der Waals surface area contributed by atoms with Crippen LogP contribution in [-0.2, 0) is 19.2 Å². The summed E-state index contributed by atoms with van der Waals surface area (Å²) in [6.07, 6.45) is 33.4. The zero-order chi connectivity index (χ0) is 36.9. The van der Waals surface area contributed by atoms with Crippen molar-refractivity contribution in [1.82, 2.24) is 0 Å². The Labute approximate surface area is 322 Å². The second kappa shape index (κ2) is 53.6. The molecule has 0 rings (SSSR count). The van der Waals surface area contributed by atoms with E-state index in [9.17, 15) is 39.6 Å². The third kappa shape index (κ3) is 77.6. The zero-order valence-electron chi connectivity index (χ0n) is 32.4. The topological polar surface area (TPSA) is 161 Å². The van der Waals surface area contributed by atoms with Crippen molar-refractivity contribution < 1.29 is 39.6 Å². The molecule has 0 aromatic rings. The fourth-order valence-electron chi connectivity index (χ4n) is 4.91. The molecule has 0 bridgehead atoms. The van der Waals surface area contributed by atoms with Gasteiger partial charge in [-0.2, -0.15) is 0 Å². The molecule has 9 heteroatoms. The van der Waals surface area contributed by atoms with Gasteiger partial charge in [0, 0.05) is 23.9 Å². The van der Waals surface area contributed by atoms with Crippen LogP contribution in [0.15, 0.2) is 0 Å². The van der Waals surface area contributed by atoms with Gasteiger partial charge in [0.15, 0.2) is 0 Å². The van der Waals surface area contributed by atoms with E-state index in [-0.39, 0.29) is 53.0 Å². The van der Waals surface area contributed by atoms with Crippen molar-refractivity contribution >= 4 is 51.2 Å². The number of aliphatic carboxylic acids is 4. The van der Waals surface area contributed by atoms with Gasteiger partial charge in [-0.1, -0.05) is 182 Å². The van der Waals surface area contributed by atoms with Gasteiger partial charge >= 0.3 is 27.3 Å². The summed E-state index contributed by atoms with van der Waals surface area (Å²) in [5.41, 5.74) is 0. The van der Waals surface area contributed by atoms with Crippen LogP contribution < -0.4 is 20.4 Å². The second-order valence-corrected chi connectivity index (χ2v) is 13.0. The molecular formula is C40H76O8Pb. The number of hydrogen-bond acceptors (Lipinski definition) is 8. The maximum atomic E-state index is 10.0. The van der Waals surface area contributed by atoms with E-state index in [1.54, 1.807) is 0 Å². The van der Waals surface area contributed by atoms with Crippen molar-refractivity contribution in [3.05, 3.63) is 0 Å². The predicted molar refractivity (Wildman–Crippen MR) is 196 cm³/mol. The molecule has 0 aliphatic rings. The molecule has 0 unspecified atom stereocenters. The van der Waals surface area contributed by atoms with Crippen molar-refractivity contribution in [3.8, 4) is 0 Å². The Kier molecular flexibility index (Phi) is 62.5. The molecule has 0 aromatic heterocycles. The molecule has 0 saturated heterocycles. The Morgan fingerprint density at radius 3 is 0.510 bits per heavy atom. The summed E-state index contributed by atoms with van der Waals surface area (Å²) < 4.78 is 0. The zero-order valence-corrected chi connectivity index (χ0v) is 36.3. The molecule has 8 nitrogen and oxygen atoms in total. The minimum atomic E-state index is -0.913. The largest absolute Gasteiger partial charge is 4.00 e. The monoisotopic (exact) mass is 893 g/mol. The van der Waals surface area contributed by atoms with Crippen molar-refractivity contribution in [2.24, 2.45) is 0 Å². The summed E-state index contributed by atoms with van der Waals surface area (Å²) >= 11 is 0. The molecule has 0 saturated carbocycles. The second-order valence-electron chi connectivity index (χ2n) is 13.0. The van der Waals surface area contributed by atoms with Gasteiger partial charge in [-0.3, -0.25) is 0 Å². The van der Waals surface area contributed by atoms with Gasteiger partial charge in [-0.15, -0.1) is 0 Å². The van der Waals surface area contributed by atoms with Gasteiger partial charge in [-0.25, -0.2) is 0 Å². The van der Waals surface area contributed by atoms with E-state index in [4.69, 9.17) is 0 Å². The molecule has 49 heavy (non-hydrogen) atoms. The maximum absolute atomic E-state index is 10.0. The quantitative estimate of drug-likeness (QED) is 0.0510. The molecule has 0 spiro atoms. The number of unbranched alkanes of at least 4 members (excludes halogenated alkanes) is 24. The van der Waals surface area contributed by atoms with Crippen LogP contribution in [0.25, 0.3) is 0 Å². The number of carboxylic acid groups (broad SMARTS) is 4. The van der Waals surface area contributed by atoms with Crippen LogP contribution in [0.2, 0.25) is 0 Å². The molecule has 0 aromatic carbocycles. The summed E-state index contributed by atoms with van der Waals surface area (Å²) in [4.78, 5) is 40.1. The van der Waals surface area contributed by atoms with Crippen LogP contribution in [0.5, 0.6) is 0 Å². The summed E-state index contributed by atoms with van der Waals surface area (Å²) in [6.45, 7) is 8.76. The van der Waals surface area contributed by atoms with E-state index in [1.807, 2.05) is 0 Å². The van der Waals surface area contributed by atoms with Gasteiger partial charge in [-0.05, 0) is 51.4 Å². The van der Waals surface area contributed by atoms with E-state index < -0.39 is 23.9 Å². The van der Waals surface area contributed by atoms with Gasteiger partial charge in [0.25, 0.3) is 0 Å². The average Bonchev–Trinajstić information content (AvgIpc) is 3.03. The molecule has 288 valence electrons. The standard InChI is InChI=1S/4C10H20O2.Pb/c4*1-2-3-4-5-6-7-8-9-10(11)12;/h4*2-9H2,1H3,(H,11,12);/q;;;;+4/p-4. The summed E-state index contributed by atoms with van der Waals surface area (Å²) in [5.74, 6) is -3.65. The first-order valence-corrected chi connectivity index (χ1v) is 19.9. The first kappa shape index (κ1) is 57.2. The molecule has 0 aliphatic carbocycles. The van der Waals surface area contributed by atoms with Gasteiger partial charge in [0.1, 0.15) is 0 Å². The summed E-state index contributed by atoms with van der Waals surface area (Å²) in [6, 6.07) is 0. The number of hydrogen-bond donors (Lipinski definition) is 0. The Morgan fingerprint density at radius 1 is 0.265 bits per heavy atom. The van der Waals surface area contributed by atoms with Crippen LogP contribution in [-0.4, -0.2) is 51.2 Å². The fraction of sp³-hybridized carbons (Fsp3) is 0.900. The van der Waals surface area contributed by atoms with Crippen LogP contribution in [0.3, 0.4) is 0 Å². The summed E-state index contributed by atoms with van der Waals surface area (Å²) in [5, 5.41) is 40.1. The number of carboxylic acids is 4. The van der Waals surface area contributed by atoms with Crippen LogP contribution in [0.1, 0.15) is 233 Å². The van der Waals surface area contributed by atoms with Gasteiger partial charge in [0.2, 0.25) is 0 Å². The third-order valence-corrected chi connectivity index (χ3v) is 7.94. The maximum Gasteiger partial charge on any atom is 4.00 e. The average molecular weight is 892 g/mol. The Bertz CT molecular complexity index is 561. The van der Waals surface area contributed by atoms with E-state index in [0.29, 0.717) is 0 Å². The molecule has 0 atom stereocenters. The van der Waals surface area contributed by atoms with Gasteiger partial charge in [0.05, 0.1) is 0 Å². The van der Waals surface area contributed by atoms with Crippen LogP contribution in [0, 0.1) is 0 Å². The van der Waals surface area contributed by atoms with E-state index in [2.05, 4.69) is 27.7 Å². The molecule has 0 amide bonds. The predicted octanol–water partition coefficient (Wildman–Crippen LogP) is 7.13. The van der Waals surface area contributed by atoms with Gasteiger partial charge < -0.3 is 39.6 Å². The molecule has 0 fully saturated rings. The first-order chi connectivity index (χ1) is 23.1. The van der Waals surface area contributed by atoms with Crippen molar-refractivity contribution in [3.63, 3.8) is 0 Å². The van der Waals surface area contributed by atoms with E-state index >= 15 is 0 Å². The normalized spacial score (nSPS) is 9.88. The molecule has 0 radical (unpaired) electrons. The van der Waals surface area contributed by atoms with Crippen molar-refractivity contribution in [2.45, 2.75) is 233 Å². The smallest absolute Gasteiger partial charge is 0.550 e. The van der Waals surface area contributed by atoms with Crippen LogP contribution in [0.4, 0.5) is 0 Å². The van der Waals surface area contributed by atoms with Crippen LogP contribution >= 0.6 is 0 Å². The van der Waals surface area contributed by atoms with Crippen molar-refractivity contribution in [1.29, 1.82) is 0 Å². The Hall–Kier alpha value is -1.20. The fourth-order valence-corrected chi connectivity index (χ4v) is 4.91. The summed E-state index contributed by atoms with van der Waals surface area (Å²) in [7, 11) is 0. The Morgan fingerprint density at radius 2 is 0.388 bits per heavy atom. The van der Waals surface area contributed by atoms with E-state index in [0.717, 1.165) is 51.4 Å². The number of carbonyl (C=O) groups excluding carboxylic acids is 4. The molecule has 0 heterocycles. The minimum absolute atomic E-state index is 0. The molecular weight excluding hydrogens is 816 g/mol. The molecule has 0 aliphatic heterocycles. The third-order valence-electron chi connectivity index (χ3n) is 7.94. The first-order valence-electron chi connectivity index (χ1n) is 19.9. The number of rotatable bonds is 32. The molecule has 0 N–H and O–H groups in total. The minimum Gasteiger partial charge on any atom is -0.550 e. The van der Waals surface area contributed by atoms with Crippen molar-refractivity contribution in [2.75, 3.05) is 0 Å². The SMILES string of the molecule is CCCCCCCCCC(=O)[O-].CCCCCCCCCC(=O)[O-].CCCCCCCCCC(=O)[O-].CCCCCCCCCC(=O)[O-].[Pb+4]. The van der Waals surface area contributed by atoms with E-state index in [1.165, 1.54) is 128 Å².